The number of halogens is 1. The molecule has 0 spiro atoms. The minimum absolute atomic E-state index is 0.0734. The van der Waals surface area contributed by atoms with Crippen LogP contribution in [0.4, 0.5) is 11.4 Å². The molecule has 0 saturated heterocycles. The van der Waals surface area contributed by atoms with Crippen LogP contribution in [0, 0.1) is 10.1 Å². The number of thiophene rings is 1. The van der Waals surface area contributed by atoms with Gasteiger partial charge in [-0.15, -0.1) is 21.5 Å². The zero-order valence-electron chi connectivity index (χ0n) is 14.1. The molecule has 3 aromatic rings. The number of anilines is 1. The van der Waals surface area contributed by atoms with Gasteiger partial charge in [0.25, 0.3) is 5.69 Å². The fraction of sp³-hybridized carbons (Fsp3) is 0.188. The predicted molar refractivity (Wildman–Crippen MR) is 106 cm³/mol. The summed E-state index contributed by atoms with van der Waals surface area (Å²) in [5, 5.41) is 24.6. The third-order valence-electron chi connectivity index (χ3n) is 3.60. The number of carbonyl (C=O) groups excluding carboxylic acids is 1. The number of non-ortho nitro benzene ring substituents is 1. The van der Waals surface area contributed by atoms with E-state index in [0.29, 0.717) is 11.6 Å². The Morgan fingerprint density at radius 2 is 2.22 bits per heavy atom. The van der Waals surface area contributed by atoms with Crippen molar-refractivity contribution in [2.75, 3.05) is 11.1 Å². The maximum Gasteiger partial charge on any atom is 0.271 e. The minimum Gasteiger partial charge on any atom is -0.324 e. The SMILES string of the molecule is Cn1c(Cc2cccs2)nnc1SCC(=O)Nc1cc([N+](=O)[O-])ccc1Cl. The highest BCUT2D eigenvalue weighted by atomic mass is 35.5. The summed E-state index contributed by atoms with van der Waals surface area (Å²) in [6.07, 6.45) is 0.678. The van der Waals surface area contributed by atoms with E-state index >= 15 is 0 Å². The summed E-state index contributed by atoms with van der Waals surface area (Å²) in [6.45, 7) is 0. The topological polar surface area (TPSA) is 103 Å². The number of thioether (sulfide) groups is 1. The predicted octanol–water partition coefficient (Wildman–Crippen LogP) is 3.76. The van der Waals surface area contributed by atoms with Crippen LogP contribution in [0.3, 0.4) is 0 Å². The molecule has 3 rings (SSSR count). The number of benzene rings is 1. The molecule has 1 N–H and O–H groups in total. The van der Waals surface area contributed by atoms with Gasteiger partial charge in [-0.3, -0.25) is 14.9 Å². The van der Waals surface area contributed by atoms with Crippen LogP contribution in [0.15, 0.2) is 40.9 Å². The molecule has 1 aromatic carbocycles. The first kappa shape index (κ1) is 19.3. The second kappa shape index (κ2) is 8.51. The van der Waals surface area contributed by atoms with Crippen molar-refractivity contribution in [2.24, 2.45) is 7.05 Å². The maximum absolute atomic E-state index is 12.2. The highest BCUT2D eigenvalue weighted by Gasteiger charge is 2.15. The van der Waals surface area contributed by atoms with Crippen LogP contribution in [0.1, 0.15) is 10.7 Å². The van der Waals surface area contributed by atoms with E-state index in [4.69, 9.17) is 11.6 Å². The molecule has 0 aliphatic heterocycles. The smallest absolute Gasteiger partial charge is 0.271 e. The molecular weight excluding hydrogens is 410 g/mol. The molecule has 1 amide bonds. The van der Waals surface area contributed by atoms with E-state index in [1.54, 1.807) is 11.3 Å². The Balaban J connectivity index is 1.61. The summed E-state index contributed by atoms with van der Waals surface area (Å²) in [5.74, 6) is 0.538. The number of nitrogens with one attached hydrogen (secondary N) is 1. The molecule has 2 aromatic heterocycles. The highest BCUT2D eigenvalue weighted by Crippen LogP contribution is 2.27. The second-order valence-electron chi connectivity index (χ2n) is 5.47. The third kappa shape index (κ3) is 4.85. The molecule has 8 nitrogen and oxygen atoms in total. The van der Waals surface area contributed by atoms with Crippen LogP contribution in [0.5, 0.6) is 0 Å². The van der Waals surface area contributed by atoms with E-state index in [1.807, 2.05) is 29.1 Å². The standard InChI is InChI=1S/C16H14ClN5O3S2/c1-21-14(8-11-3-2-6-26-11)19-20-16(21)27-9-15(23)18-13-7-10(22(24)25)4-5-12(13)17/h2-7H,8-9H2,1H3,(H,18,23). The molecule has 0 atom stereocenters. The molecule has 0 aliphatic rings. The van der Waals surface area contributed by atoms with Crippen molar-refractivity contribution in [3.05, 3.63) is 61.6 Å². The monoisotopic (exact) mass is 423 g/mol. The first-order valence-corrected chi connectivity index (χ1v) is 9.95. The summed E-state index contributed by atoms with van der Waals surface area (Å²) in [6, 6.07) is 7.90. The Labute approximate surface area is 167 Å². The third-order valence-corrected chi connectivity index (χ3v) is 5.83. The number of amides is 1. The number of aromatic nitrogens is 3. The summed E-state index contributed by atoms with van der Waals surface area (Å²) >= 11 is 8.86. The molecular formula is C16H14ClN5O3S2. The lowest BCUT2D eigenvalue weighted by atomic mass is 10.3. The Bertz CT molecular complexity index is 975. The van der Waals surface area contributed by atoms with E-state index in [1.165, 1.54) is 34.8 Å². The molecule has 0 aliphatic carbocycles. The van der Waals surface area contributed by atoms with Crippen LogP contribution in [0.25, 0.3) is 0 Å². The summed E-state index contributed by atoms with van der Waals surface area (Å²) in [4.78, 5) is 23.7. The van der Waals surface area contributed by atoms with E-state index in [9.17, 15) is 14.9 Å². The molecule has 0 bridgehead atoms. The first-order valence-electron chi connectivity index (χ1n) is 7.71. The fourth-order valence-corrected chi connectivity index (χ4v) is 3.83. The minimum atomic E-state index is -0.546. The normalized spacial score (nSPS) is 10.7. The van der Waals surface area contributed by atoms with Gasteiger partial charge in [0.05, 0.1) is 21.4 Å². The van der Waals surface area contributed by atoms with Gasteiger partial charge in [-0.25, -0.2) is 0 Å². The summed E-state index contributed by atoms with van der Waals surface area (Å²) in [7, 11) is 1.85. The molecule has 0 saturated carbocycles. The van der Waals surface area contributed by atoms with Crippen LogP contribution < -0.4 is 5.32 Å². The number of nitrogens with zero attached hydrogens (tertiary/aromatic N) is 4. The van der Waals surface area contributed by atoms with Crippen molar-refractivity contribution in [3.8, 4) is 0 Å². The van der Waals surface area contributed by atoms with E-state index in [2.05, 4.69) is 15.5 Å². The van der Waals surface area contributed by atoms with Gasteiger partial charge in [0.1, 0.15) is 5.82 Å². The second-order valence-corrected chi connectivity index (χ2v) is 7.85. The number of hydrogen-bond acceptors (Lipinski definition) is 7. The van der Waals surface area contributed by atoms with Gasteiger partial charge in [0.15, 0.2) is 5.16 Å². The number of nitro groups is 1. The van der Waals surface area contributed by atoms with Crippen LogP contribution in [-0.4, -0.2) is 31.3 Å². The zero-order valence-corrected chi connectivity index (χ0v) is 16.5. The van der Waals surface area contributed by atoms with Crippen LogP contribution >= 0.6 is 34.7 Å². The van der Waals surface area contributed by atoms with Gasteiger partial charge < -0.3 is 9.88 Å². The molecule has 140 valence electrons. The average molecular weight is 424 g/mol. The Hall–Kier alpha value is -2.43. The van der Waals surface area contributed by atoms with Gasteiger partial charge in [-0.2, -0.15) is 0 Å². The van der Waals surface area contributed by atoms with Crippen molar-refractivity contribution in [2.45, 2.75) is 11.6 Å². The zero-order chi connectivity index (χ0) is 19.4. The quantitative estimate of drug-likeness (QED) is 0.352. The van der Waals surface area contributed by atoms with E-state index in [-0.39, 0.29) is 28.1 Å². The van der Waals surface area contributed by atoms with Crippen molar-refractivity contribution in [1.29, 1.82) is 0 Å². The van der Waals surface area contributed by atoms with Gasteiger partial charge >= 0.3 is 0 Å². The molecule has 0 fully saturated rings. The number of rotatable bonds is 7. The fourth-order valence-electron chi connectivity index (χ4n) is 2.23. The molecule has 0 radical (unpaired) electrons. The highest BCUT2D eigenvalue weighted by molar-refractivity contribution is 7.99. The lowest BCUT2D eigenvalue weighted by Crippen LogP contribution is -2.15. The van der Waals surface area contributed by atoms with E-state index in [0.717, 1.165) is 5.82 Å². The van der Waals surface area contributed by atoms with Crippen molar-refractivity contribution < 1.29 is 9.72 Å². The lowest BCUT2D eigenvalue weighted by Gasteiger charge is -2.07. The maximum atomic E-state index is 12.2. The van der Waals surface area contributed by atoms with Gasteiger partial charge in [0, 0.05) is 30.5 Å². The average Bonchev–Trinajstić information content (AvgIpc) is 3.26. The van der Waals surface area contributed by atoms with E-state index < -0.39 is 4.92 Å². The Morgan fingerprint density at radius 3 is 2.93 bits per heavy atom. The van der Waals surface area contributed by atoms with Gasteiger partial charge in [-0.05, 0) is 17.5 Å². The number of nitro benzene ring substituents is 1. The molecule has 11 heteroatoms. The summed E-state index contributed by atoms with van der Waals surface area (Å²) < 4.78 is 1.85. The number of hydrogen-bond donors (Lipinski definition) is 1. The van der Waals surface area contributed by atoms with Gasteiger partial charge in [-0.1, -0.05) is 29.4 Å². The molecule has 0 unspecified atom stereocenters. The Kier molecular flexibility index (Phi) is 6.09. The Morgan fingerprint density at radius 1 is 1.41 bits per heavy atom. The van der Waals surface area contributed by atoms with Crippen LogP contribution in [-0.2, 0) is 18.3 Å². The van der Waals surface area contributed by atoms with Gasteiger partial charge in [0.2, 0.25) is 5.91 Å². The van der Waals surface area contributed by atoms with Crippen molar-refractivity contribution in [1.82, 2.24) is 14.8 Å². The largest absolute Gasteiger partial charge is 0.324 e. The summed E-state index contributed by atoms with van der Waals surface area (Å²) in [5.41, 5.74) is 0.0571. The van der Waals surface area contributed by atoms with Crippen molar-refractivity contribution >= 4 is 52.0 Å². The first-order chi connectivity index (χ1) is 12.9. The lowest BCUT2D eigenvalue weighted by molar-refractivity contribution is -0.384. The number of carbonyl (C=O) groups is 1. The van der Waals surface area contributed by atoms with Crippen LogP contribution in [0.2, 0.25) is 5.02 Å². The molecule has 27 heavy (non-hydrogen) atoms. The molecule has 2 heterocycles. The van der Waals surface area contributed by atoms with Crippen molar-refractivity contribution in [3.63, 3.8) is 0 Å².